The quantitative estimate of drug-likeness (QED) is 0.837. The number of aromatic nitrogens is 1. The Bertz CT molecular complexity index is 438. The average molecular weight is 250 g/mol. The van der Waals surface area contributed by atoms with Crippen LogP contribution in [0.2, 0.25) is 0 Å². The lowest BCUT2D eigenvalue weighted by atomic mass is 9.90. The van der Waals surface area contributed by atoms with Crippen LogP contribution in [-0.4, -0.2) is 28.5 Å². The largest absolute Gasteiger partial charge is 0.477 e. The second kappa shape index (κ2) is 5.62. The van der Waals surface area contributed by atoms with Crippen molar-refractivity contribution in [1.29, 1.82) is 0 Å². The van der Waals surface area contributed by atoms with Gasteiger partial charge in [0.25, 0.3) is 5.91 Å². The zero-order valence-electron chi connectivity index (χ0n) is 10.9. The van der Waals surface area contributed by atoms with E-state index < -0.39 is 5.97 Å². The van der Waals surface area contributed by atoms with Gasteiger partial charge in [0.2, 0.25) is 0 Å². The molecule has 5 nitrogen and oxygen atoms in total. The number of carboxylic acids is 1. The van der Waals surface area contributed by atoms with Crippen LogP contribution in [0, 0.1) is 5.41 Å². The van der Waals surface area contributed by atoms with Gasteiger partial charge in [0.15, 0.2) is 0 Å². The van der Waals surface area contributed by atoms with Gasteiger partial charge in [-0.05, 0) is 24.0 Å². The van der Waals surface area contributed by atoms with Crippen LogP contribution in [0.4, 0.5) is 0 Å². The van der Waals surface area contributed by atoms with Crippen LogP contribution in [-0.2, 0) is 0 Å². The van der Waals surface area contributed by atoms with Gasteiger partial charge < -0.3 is 10.4 Å². The van der Waals surface area contributed by atoms with Crippen LogP contribution in [0.3, 0.4) is 0 Å². The normalized spacial score (nSPS) is 11.1. The smallest absolute Gasteiger partial charge is 0.354 e. The molecule has 0 aromatic carbocycles. The van der Waals surface area contributed by atoms with Crippen molar-refractivity contribution in [1.82, 2.24) is 10.3 Å². The van der Waals surface area contributed by atoms with Crippen molar-refractivity contribution in [3.05, 3.63) is 29.6 Å². The highest BCUT2D eigenvalue weighted by molar-refractivity contribution is 5.94. The highest BCUT2D eigenvalue weighted by Crippen LogP contribution is 2.17. The molecular formula is C13H18N2O3. The highest BCUT2D eigenvalue weighted by Gasteiger charge is 2.17. The van der Waals surface area contributed by atoms with Gasteiger partial charge in [0.05, 0.1) is 5.56 Å². The first-order valence-electron chi connectivity index (χ1n) is 5.83. The maximum atomic E-state index is 11.8. The van der Waals surface area contributed by atoms with Gasteiger partial charge in [-0.3, -0.25) is 4.79 Å². The number of carboxylic acid groups (broad SMARTS) is 1. The van der Waals surface area contributed by atoms with Gasteiger partial charge in [-0.15, -0.1) is 0 Å². The number of carbonyl (C=O) groups is 2. The van der Waals surface area contributed by atoms with Gasteiger partial charge in [-0.25, -0.2) is 9.78 Å². The summed E-state index contributed by atoms with van der Waals surface area (Å²) in [7, 11) is 0. The fraction of sp³-hybridized carbons (Fsp3) is 0.462. The molecule has 0 aliphatic heterocycles. The van der Waals surface area contributed by atoms with E-state index in [-0.39, 0.29) is 17.0 Å². The number of hydrogen-bond acceptors (Lipinski definition) is 3. The molecule has 1 aromatic rings. The third-order valence-corrected chi connectivity index (χ3v) is 2.93. The van der Waals surface area contributed by atoms with Gasteiger partial charge in [-0.2, -0.15) is 0 Å². The van der Waals surface area contributed by atoms with Crippen LogP contribution < -0.4 is 5.32 Å². The van der Waals surface area contributed by atoms with Crippen LogP contribution >= 0.6 is 0 Å². The zero-order valence-corrected chi connectivity index (χ0v) is 10.9. The number of carbonyl (C=O) groups excluding carboxylic acids is 1. The summed E-state index contributed by atoms with van der Waals surface area (Å²) in [5, 5.41) is 11.5. The number of rotatable bonds is 5. The Hall–Kier alpha value is -1.91. The first kappa shape index (κ1) is 14.2. The van der Waals surface area contributed by atoms with Gasteiger partial charge in [-0.1, -0.05) is 20.8 Å². The minimum absolute atomic E-state index is 0.0457. The first-order chi connectivity index (χ1) is 8.35. The predicted molar refractivity (Wildman–Crippen MR) is 67.6 cm³/mol. The maximum Gasteiger partial charge on any atom is 0.354 e. The van der Waals surface area contributed by atoms with Gasteiger partial charge in [0.1, 0.15) is 5.69 Å². The van der Waals surface area contributed by atoms with E-state index in [2.05, 4.69) is 31.1 Å². The number of pyridine rings is 1. The Kier molecular flexibility index (Phi) is 4.42. The second-order valence-corrected chi connectivity index (χ2v) is 4.94. The molecule has 0 unspecified atom stereocenters. The van der Waals surface area contributed by atoms with Crippen molar-refractivity contribution in [3.63, 3.8) is 0 Å². The zero-order chi connectivity index (χ0) is 13.8. The minimum Gasteiger partial charge on any atom is -0.477 e. The summed E-state index contributed by atoms with van der Waals surface area (Å²) in [6.07, 6.45) is 2.24. The summed E-state index contributed by atoms with van der Waals surface area (Å²) in [6.45, 7) is 6.77. The van der Waals surface area contributed by atoms with E-state index in [0.717, 1.165) is 6.42 Å². The first-order valence-corrected chi connectivity index (χ1v) is 5.83. The molecule has 1 aromatic heterocycles. The highest BCUT2D eigenvalue weighted by atomic mass is 16.4. The Labute approximate surface area is 106 Å². The molecule has 0 spiro atoms. The van der Waals surface area contributed by atoms with E-state index in [1.165, 1.54) is 18.3 Å². The standard InChI is InChI=1S/C13H18N2O3/c1-4-13(2,3)8-15-11(16)9-5-6-10(12(17)18)14-7-9/h5-7H,4,8H2,1-3H3,(H,15,16)(H,17,18). The van der Waals surface area contributed by atoms with Crippen molar-refractivity contribution < 1.29 is 14.7 Å². The van der Waals surface area contributed by atoms with Crippen molar-refractivity contribution in [3.8, 4) is 0 Å². The molecule has 0 aliphatic carbocycles. The Morgan fingerprint density at radius 3 is 2.50 bits per heavy atom. The molecule has 5 heteroatoms. The van der Waals surface area contributed by atoms with Crippen LogP contribution in [0.15, 0.2) is 18.3 Å². The van der Waals surface area contributed by atoms with Crippen molar-refractivity contribution >= 4 is 11.9 Å². The summed E-state index contributed by atoms with van der Waals surface area (Å²) in [6, 6.07) is 2.78. The molecule has 2 N–H and O–H groups in total. The van der Waals surface area contributed by atoms with Crippen molar-refractivity contribution in [2.45, 2.75) is 27.2 Å². The molecule has 0 aliphatic rings. The van der Waals surface area contributed by atoms with E-state index >= 15 is 0 Å². The van der Waals surface area contributed by atoms with Gasteiger partial charge >= 0.3 is 5.97 Å². The summed E-state index contributed by atoms with van der Waals surface area (Å²) in [5.41, 5.74) is 0.344. The Morgan fingerprint density at radius 2 is 2.06 bits per heavy atom. The molecule has 0 saturated carbocycles. The van der Waals surface area contributed by atoms with Gasteiger partial charge in [0, 0.05) is 12.7 Å². The summed E-state index contributed by atoms with van der Waals surface area (Å²) < 4.78 is 0. The molecule has 0 bridgehead atoms. The molecule has 98 valence electrons. The number of aromatic carboxylic acids is 1. The SMILES string of the molecule is CCC(C)(C)CNC(=O)c1ccc(C(=O)O)nc1. The lowest BCUT2D eigenvalue weighted by Crippen LogP contribution is -2.33. The van der Waals surface area contributed by atoms with Crippen LogP contribution in [0.1, 0.15) is 48.0 Å². The van der Waals surface area contributed by atoms with E-state index in [4.69, 9.17) is 5.11 Å². The molecule has 0 atom stereocenters. The van der Waals surface area contributed by atoms with Crippen molar-refractivity contribution in [2.24, 2.45) is 5.41 Å². The molecule has 1 amide bonds. The Balaban J connectivity index is 2.65. The Morgan fingerprint density at radius 1 is 1.39 bits per heavy atom. The molecule has 0 saturated heterocycles. The second-order valence-electron chi connectivity index (χ2n) is 4.94. The molecule has 1 rings (SSSR count). The van der Waals surface area contributed by atoms with Crippen molar-refractivity contribution in [2.75, 3.05) is 6.54 Å². The monoisotopic (exact) mass is 250 g/mol. The van der Waals surface area contributed by atoms with E-state index in [1.807, 2.05) is 0 Å². The third kappa shape index (κ3) is 3.84. The number of nitrogens with one attached hydrogen (secondary N) is 1. The molecule has 18 heavy (non-hydrogen) atoms. The molecule has 1 heterocycles. The van der Waals surface area contributed by atoms with E-state index in [1.54, 1.807) is 0 Å². The van der Waals surface area contributed by atoms with Crippen LogP contribution in [0.5, 0.6) is 0 Å². The topological polar surface area (TPSA) is 79.3 Å². The third-order valence-electron chi connectivity index (χ3n) is 2.93. The molecule has 0 fully saturated rings. The van der Waals surface area contributed by atoms with Crippen LogP contribution in [0.25, 0.3) is 0 Å². The number of amides is 1. The number of nitrogens with zero attached hydrogens (tertiary/aromatic N) is 1. The van der Waals surface area contributed by atoms with E-state index in [0.29, 0.717) is 12.1 Å². The van der Waals surface area contributed by atoms with E-state index in [9.17, 15) is 9.59 Å². The summed E-state index contributed by atoms with van der Waals surface area (Å²) in [5.74, 6) is -1.34. The lowest BCUT2D eigenvalue weighted by Gasteiger charge is -2.22. The lowest BCUT2D eigenvalue weighted by molar-refractivity contribution is 0.0689. The predicted octanol–water partition coefficient (Wildman–Crippen LogP) is 1.95. The maximum absolute atomic E-state index is 11.8. The minimum atomic E-state index is -1.10. The molecular weight excluding hydrogens is 232 g/mol. The fourth-order valence-electron chi connectivity index (χ4n) is 1.20. The fourth-order valence-corrected chi connectivity index (χ4v) is 1.20. The summed E-state index contributed by atoms with van der Waals surface area (Å²) >= 11 is 0. The molecule has 0 radical (unpaired) electrons. The summed E-state index contributed by atoms with van der Waals surface area (Å²) in [4.78, 5) is 26.1. The number of hydrogen-bond donors (Lipinski definition) is 2. The average Bonchev–Trinajstić information content (AvgIpc) is 2.36.